The van der Waals surface area contributed by atoms with Gasteiger partial charge in [0.15, 0.2) is 6.17 Å². The smallest absolute Gasteiger partial charge is 0.242 e. The standard InChI is InChI=1S/C21H36F2N6O2/c1-5-14(2)24-11-17(10-18(22)23)19-25-20(28-6-8-30-12-15(28)3)27-21(26-19)29-7-9-31-13-16(29)4/h11,14-16,18-19,24H,5-10,12-13H2,1-4H3,(H,25,26,27)/b17-11+. The summed E-state index contributed by atoms with van der Waals surface area (Å²) in [7, 11) is 0. The van der Waals surface area contributed by atoms with E-state index in [0.29, 0.717) is 57.0 Å². The van der Waals surface area contributed by atoms with Gasteiger partial charge in [-0.2, -0.15) is 0 Å². The molecular formula is C21H36F2N6O2. The van der Waals surface area contributed by atoms with Crippen molar-refractivity contribution in [2.24, 2.45) is 9.98 Å². The quantitative estimate of drug-likeness (QED) is 0.656. The zero-order valence-electron chi connectivity index (χ0n) is 19.0. The predicted octanol–water partition coefficient (Wildman–Crippen LogP) is 2.00. The molecular weight excluding hydrogens is 406 g/mol. The maximum absolute atomic E-state index is 13.4. The monoisotopic (exact) mass is 442 g/mol. The second kappa shape index (κ2) is 11.1. The second-order valence-corrected chi connectivity index (χ2v) is 8.43. The summed E-state index contributed by atoms with van der Waals surface area (Å²) < 4.78 is 38.0. The first kappa shape index (κ1) is 23.7. The van der Waals surface area contributed by atoms with Crippen LogP contribution >= 0.6 is 0 Å². The number of guanidine groups is 2. The van der Waals surface area contributed by atoms with Gasteiger partial charge in [0.2, 0.25) is 18.3 Å². The number of hydrogen-bond acceptors (Lipinski definition) is 8. The maximum Gasteiger partial charge on any atom is 0.242 e. The number of hydrogen-bond donors (Lipinski definition) is 2. The number of nitrogens with zero attached hydrogens (tertiary/aromatic N) is 4. The number of rotatable bonds is 6. The minimum Gasteiger partial charge on any atom is -0.388 e. The van der Waals surface area contributed by atoms with Gasteiger partial charge < -0.3 is 24.6 Å². The largest absolute Gasteiger partial charge is 0.388 e. The molecule has 0 bridgehead atoms. The molecule has 3 atom stereocenters. The number of ether oxygens (including phenoxy) is 2. The van der Waals surface area contributed by atoms with Crippen LogP contribution < -0.4 is 10.6 Å². The predicted molar refractivity (Wildman–Crippen MR) is 117 cm³/mol. The second-order valence-electron chi connectivity index (χ2n) is 8.43. The van der Waals surface area contributed by atoms with Crippen LogP contribution in [0.15, 0.2) is 21.8 Å². The Morgan fingerprint density at radius 1 is 1.13 bits per heavy atom. The highest BCUT2D eigenvalue weighted by Gasteiger charge is 2.32. The van der Waals surface area contributed by atoms with Crippen molar-refractivity contribution in [1.29, 1.82) is 0 Å². The van der Waals surface area contributed by atoms with Gasteiger partial charge in [-0.3, -0.25) is 5.32 Å². The number of alkyl halides is 2. The van der Waals surface area contributed by atoms with Gasteiger partial charge in [-0.15, -0.1) is 0 Å². The minimum atomic E-state index is -2.47. The molecule has 2 N–H and O–H groups in total. The van der Waals surface area contributed by atoms with Gasteiger partial charge >= 0.3 is 0 Å². The first-order chi connectivity index (χ1) is 14.9. The summed E-state index contributed by atoms with van der Waals surface area (Å²) in [6.45, 7) is 12.0. The van der Waals surface area contributed by atoms with Crippen molar-refractivity contribution in [1.82, 2.24) is 20.4 Å². The Balaban J connectivity index is 1.93. The number of aliphatic imine (C=N–C) groups is 2. The van der Waals surface area contributed by atoms with Crippen LogP contribution in [-0.4, -0.2) is 92.0 Å². The van der Waals surface area contributed by atoms with E-state index >= 15 is 0 Å². The third kappa shape index (κ3) is 6.29. The number of halogens is 2. The van der Waals surface area contributed by atoms with Gasteiger partial charge in [-0.1, -0.05) is 6.92 Å². The van der Waals surface area contributed by atoms with Crippen LogP contribution in [-0.2, 0) is 9.47 Å². The Kier molecular flexibility index (Phi) is 8.48. The molecule has 176 valence electrons. The van der Waals surface area contributed by atoms with E-state index in [1.54, 1.807) is 6.20 Å². The van der Waals surface area contributed by atoms with Crippen LogP contribution in [0, 0.1) is 0 Å². The van der Waals surface area contributed by atoms with E-state index in [2.05, 4.69) is 41.2 Å². The summed E-state index contributed by atoms with van der Waals surface area (Å²) in [5.74, 6) is 1.32. The molecule has 3 aliphatic heterocycles. The summed E-state index contributed by atoms with van der Waals surface area (Å²) in [6.07, 6.45) is -0.975. The topological polar surface area (TPSA) is 73.7 Å². The van der Waals surface area contributed by atoms with Crippen LogP contribution in [0.5, 0.6) is 0 Å². The molecule has 0 aromatic carbocycles. The molecule has 2 saturated heterocycles. The van der Waals surface area contributed by atoms with E-state index in [9.17, 15) is 8.78 Å². The lowest BCUT2D eigenvalue weighted by Crippen LogP contribution is -2.60. The summed E-state index contributed by atoms with van der Waals surface area (Å²) >= 11 is 0. The fourth-order valence-corrected chi connectivity index (χ4v) is 3.75. The van der Waals surface area contributed by atoms with Crippen molar-refractivity contribution in [3.05, 3.63) is 11.8 Å². The Hall–Kier alpha value is -1.94. The van der Waals surface area contributed by atoms with Gasteiger partial charge in [0, 0.05) is 31.8 Å². The molecule has 0 saturated carbocycles. The molecule has 3 heterocycles. The highest BCUT2D eigenvalue weighted by atomic mass is 19.3. The zero-order chi connectivity index (χ0) is 22.4. The van der Waals surface area contributed by atoms with Crippen molar-refractivity contribution in [3.63, 3.8) is 0 Å². The average Bonchev–Trinajstić information content (AvgIpc) is 2.76. The number of nitrogens with one attached hydrogen (secondary N) is 2. The van der Waals surface area contributed by atoms with Crippen molar-refractivity contribution >= 4 is 11.9 Å². The van der Waals surface area contributed by atoms with E-state index < -0.39 is 12.6 Å². The lowest BCUT2D eigenvalue weighted by molar-refractivity contribution is 0.0278. The fourth-order valence-electron chi connectivity index (χ4n) is 3.75. The van der Waals surface area contributed by atoms with Gasteiger partial charge in [0.1, 0.15) is 0 Å². The van der Waals surface area contributed by atoms with Gasteiger partial charge in [0.25, 0.3) is 0 Å². The van der Waals surface area contributed by atoms with Crippen LogP contribution in [0.1, 0.15) is 40.5 Å². The minimum absolute atomic E-state index is 0.128. The Morgan fingerprint density at radius 3 is 2.13 bits per heavy atom. The Morgan fingerprint density at radius 2 is 1.68 bits per heavy atom. The molecule has 0 spiro atoms. The van der Waals surface area contributed by atoms with E-state index in [-0.39, 0.29) is 24.5 Å². The van der Waals surface area contributed by atoms with Gasteiger partial charge in [-0.05, 0) is 32.8 Å². The van der Waals surface area contributed by atoms with E-state index in [1.807, 2.05) is 6.92 Å². The molecule has 0 aliphatic carbocycles. The lowest BCUT2D eigenvalue weighted by atomic mass is 10.1. The highest BCUT2D eigenvalue weighted by molar-refractivity contribution is 6.00. The first-order valence-corrected chi connectivity index (χ1v) is 11.2. The van der Waals surface area contributed by atoms with Gasteiger partial charge in [-0.25, -0.2) is 18.8 Å². The molecule has 3 rings (SSSR count). The Bertz CT molecular complexity index is 649. The molecule has 0 radical (unpaired) electrons. The van der Waals surface area contributed by atoms with Crippen molar-refractivity contribution in [3.8, 4) is 0 Å². The summed E-state index contributed by atoms with van der Waals surface area (Å²) in [6, 6.07) is 0.436. The zero-order valence-corrected chi connectivity index (χ0v) is 19.0. The molecule has 0 aromatic rings. The van der Waals surface area contributed by atoms with Crippen molar-refractivity contribution in [2.45, 2.75) is 71.3 Å². The molecule has 10 heteroatoms. The lowest BCUT2D eigenvalue weighted by Gasteiger charge is -2.41. The summed E-state index contributed by atoms with van der Waals surface area (Å²) in [4.78, 5) is 13.8. The molecule has 3 unspecified atom stereocenters. The van der Waals surface area contributed by atoms with Crippen LogP contribution in [0.2, 0.25) is 0 Å². The van der Waals surface area contributed by atoms with E-state index in [0.717, 1.165) is 6.42 Å². The maximum atomic E-state index is 13.4. The SMILES string of the molecule is CCC(C)N/C=C(\CC(F)F)C1N=C(N2CCOCC2C)NC(N2CCOCC2C)=N1. The van der Waals surface area contributed by atoms with Crippen LogP contribution in [0.25, 0.3) is 0 Å². The van der Waals surface area contributed by atoms with Gasteiger partial charge in [0.05, 0.1) is 38.5 Å². The summed E-state index contributed by atoms with van der Waals surface area (Å²) in [5.41, 5.74) is 0.480. The van der Waals surface area contributed by atoms with E-state index in [1.165, 1.54) is 0 Å². The molecule has 31 heavy (non-hydrogen) atoms. The van der Waals surface area contributed by atoms with E-state index in [4.69, 9.17) is 19.5 Å². The van der Waals surface area contributed by atoms with Crippen LogP contribution in [0.3, 0.4) is 0 Å². The Labute approximate surface area is 183 Å². The first-order valence-electron chi connectivity index (χ1n) is 11.2. The van der Waals surface area contributed by atoms with Crippen LogP contribution in [0.4, 0.5) is 8.78 Å². The molecule has 8 nitrogen and oxygen atoms in total. The van der Waals surface area contributed by atoms with Crippen molar-refractivity contribution in [2.75, 3.05) is 39.5 Å². The summed E-state index contributed by atoms with van der Waals surface area (Å²) in [5, 5.41) is 6.59. The third-order valence-electron chi connectivity index (χ3n) is 5.88. The molecule has 2 fully saturated rings. The number of morpholine rings is 2. The highest BCUT2D eigenvalue weighted by Crippen LogP contribution is 2.22. The molecule has 0 amide bonds. The molecule has 0 aromatic heterocycles. The fraction of sp³-hybridized carbons (Fsp3) is 0.810. The third-order valence-corrected chi connectivity index (χ3v) is 5.88. The average molecular weight is 443 g/mol. The normalized spacial score (nSPS) is 28.7. The molecule has 3 aliphatic rings. The van der Waals surface area contributed by atoms with Crippen molar-refractivity contribution < 1.29 is 18.3 Å².